The minimum absolute atomic E-state index is 0.130. The van der Waals surface area contributed by atoms with Crippen molar-refractivity contribution in [2.75, 3.05) is 16.8 Å². The summed E-state index contributed by atoms with van der Waals surface area (Å²) >= 11 is 0. The molecule has 0 bridgehead atoms. The summed E-state index contributed by atoms with van der Waals surface area (Å²) in [5.41, 5.74) is 6.04. The standard InChI is InChI=1S/C23H23N3O/c1-16-11-12-17(2)20(15-16)25-23(27)19-9-5-13-24-22(19)26-14-6-8-18-7-3-4-10-21(18)26/h3-5,7,9-13,15H,6,8,14H2,1-2H3,(H,25,27). The van der Waals surface area contributed by atoms with Crippen LogP contribution in [0.2, 0.25) is 0 Å². The monoisotopic (exact) mass is 357 g/mol. The zero-order valence-corrected chi connectivity index (χ0v) is 15.7. The van der Waals surface area contributed by atoms with Gasteiger partial charge < -0.3 is 10.2 Å². The van der Waals surface area contributed by atoms with Crippen LogP contribution in [0, 0.1) is 13.8 Å². The van der Waals surface area contributed by atoms with Crippen LogP contribution in [0.15, 0.2) is 60.8 Å². The molecule has 0 saturated heterocycles. The number of nitrogens with zero attached hydrogens (tertiary/aromatic N) is 2. The number of fused-ring (bicyclic) bond motifs is 1. The van der Waals surface area contributed by atoms with E-state index in [-0.39, 0.29) is 5.91 Å². The first-order valence-corrected chi connectivity index (χ1v) is 9.32. The van der Waals surface area contributed by atoms with Crippen LogP contribution < -0.4 is 10.2 Å². The van der Waals surface area contributed by atoms with Gasteiger partial charge in [-0.05, 0) is 67.6 Å². The molecule has 0 atom stereocenters. The lowest BCUT2D eigenvalue weighted by atomic mass is 10.0. The Hall–Kier alpha value is -3.14. The zero-order chi connectivity index (χ0) is 18.8. The SMILES string of the molecule is Cc1ccc(C)c(NC(=O)c2cccnc2N2CCCc3ccccc32)c1. The van der Waals surface area contributed by atoms with Crippen LogP contribution in [0.5, 0.6) is 0 Å². The lowest BCUT2D eigenvalue weighted by Gasteiger charge is -2.31. The van der Waals surface area contributed by atoms with Gasteiger partial charge in [0.25, 0.3) is 5.91 Å². The molecule has 1 N–H and O–H groups in total. The van der Waals surface area contributed by atoms with Crippen molar-refractivity contribution in [2.45, 2.75) is 26.7 Å². The van der Waals surface area contributed by atoms with Crippen LogP contribution in [0.4, 0.5) is 17.2 Å². The number of hydrogen-bond acceptors (Lipinski definition) is 3. The van der Waals surface area contributed by atoms with E-state index in [0.29, 0.717) is 11.4 Å². The van der Waals surface area contributed by atoms with Crippen LogP contribution in [0.3, 0.4) is 0 Å². The van der Waals surface area contributed by atoms with Gasteiger partial charge in [0, 0.05) is 24.1 Å². The predicted molar refractivity (Wildman–Crippen MR) is 110 cm³/mol. The third-order valence-electron chi connectivity index (χ3n) is 5.04. The third-order valence-corrected chi connectivity index (χ3v) is 5.04. The maximum Gasteiger partial charge on any atom is 0.259 e. The van der Waals surface area contributed by atoms with E-state index >= 15 is 0 Å². The van der Waals surface area contributed by atoms with E-state index in [2.05, 4.69) is 33.4 Å². The van der Waals surface area contributed by atoms with E-state index < -0.39 is 0 Å². The second kappa shape index (κ2) is 7.23. The van der Waals surface area contributed by atoms with E-state index in [9.17, 15) is 4.79 Å². The first-order valence-electron chi connectivity index (χ1n) is 9.32. The molecule has 4 nitrogen and oxygen atoms in total. The second-order valence-electron chi connectivity index (χ2n) is 7.03. The fraction of sp³-hybridized carbons (Fsp3) is 0.217. The molecular formula is C23H23N3O. The number of rotatable bonds is 3. The van der Waals surface area contributed by atoms with Crippen LogP contribution in [-0.2, 0) is 6.42 Å². The first kappa shape index (κ1) is 17.3. The molecule has 0 fully saturated rings. The highest BCUT2D eigenvalue weighted by atomic mass is 16.1. The van der Waals surface area contributed by atoms with Crippen molar-refractivity contribution >= 4 is 23.1 Å². The minimum Gasteiger partial charge on any atom is -0.325 e. The maximum absolute atomic E-state index is 13.1. The fourth-order valence-corrected chi connectivity index (χ4v) is 3.60. The number of anilines is 3. The van der Waals surface area contributed by atoms with Crippen molar-refractivity contribution < 1.29 is 4.79 Å². The quantitative estimate of drug-likeness (QED) is 0.715. The van der Waals surface area contributed by atoms with Crippen LogP contribution in [-0.4, -0.2) is 17.4 Å². The molecule has 2 aromatic carbocycles. The van der Waals surface area contributed by atoms with Gasteiger partial charge >= 0.3 is 0 Å². The molecule has 1 amide bonds. The summed E-state index contributed by atoms with van der Waals surface area (Å²) in [6.45, 7) is 4.88. The summed E-state index contributed by atoms with van der Waals surface area (Å²) < 4.78 is 0. The molecule has 1 aliphatic rings. The molecule has 3 aromatic rings. The Labute approximate surface area is 159 Å². The van der Waals surface area contributed by atoms with Crippen molar-refractivity contribution in [1.82, 2.24) is 4.98 Å². The number of benzene rings is 2. The van der Waals surface area contributed by atoms with Crippen molar-refractivity contribution in [2.24, 2.45) is 0 Å². The van der Waals surface area contributed by atoms with E-state index in [1.807, 2.05) is 50.2 Å². The van der Waals surface area contributed by atoms with Gasteiger partial charge in [0.05, 0.1) is 5.56 Å². The van der Waals surface area contributed by atoms with Gasteiger partial charge in [0.2, 0.25) is 0 Å². The molecular weight excluding hydrogens is 334 g/mol. The normalized spacial score (nSPS) is 13.2. The summed E-state index contributed by atoms with van der Waals surface area (Å²) in [6.07, 6.45) is 3.86. The molecule has 0 aliphatic carbocycles. The minimum atomic E-state index is -0.130. The Morgan fingerprint density at radius 2 is 1.93 bits per heavy atom. The number of hydrogen-bond donors (Lipinski definition) is 1. The fourth-order valence-electron chi connectivity index (χ4n) is 3.60. The smallest absolute Gasteiger partial charge is 0.259 e. The van der Waals surface area contributed by atoms with E-state index in [1.54, 1.807) is 6.20 Å². The van der Waals surface area contributed by atoms with Gasteiger partial charge in [0.15, 0.2) is 0 Å². The molecule has 2 heterocycles. The summed E-state index contributed by atoms with van der Waals surface area (Å²) in [5, 5.41) is 3.07. The molecule has 0 saturated carbocycles. The van der Waals surface area contributed by atoms with E-state index in [1.165, 1.54) is 5.56 Å². The van der Waals surface area contributed by atoms with Gasteiger partial charge in [-0.15, -0.1) is 0 Å². The molecule has 4 heteroatoms. The Balaban J connectivity index is 1.70. The van der Waals surface area contributed by atoms with Crippen molar-refractivity contribution in [1.29, 1.82) is 0 Å². The Kier molecular flexibility index (Phi) is 4.63. The lowest BCUT2D eigenvalue weighted by molar-refractivity contribution is 0.102. The van der Waals surface area contributed by atoms with Crippen molar-refractivity contribution in [3.8, 4) is 0 Å². The maximum atomic E-state index is 13.1. The molecule has 0 radical (unpaired) electrons. The molecule has 0 unspecified atom stereocenters. The van der Waals surface area contributed by atoms with Gasteiger partial charge in [0.1, 0.15) is 5.82 Å². The summed E-state index contributed by atoms with van der Waals surface area (Å²) in [7, 11) is 0. The number of para-hydroxylation sites is 1. The topological polar surface area (TPSA) is 45.2 Å². The first-order chi connectivity index (χ1) is 13.1. The molecule has 0 spiro atoms. The summed E-state index contributed by atoms with van der Waals surface area (Å²) in [6, 6.07) is 18.1. The Morgan fingerprint density at radius 1 is 1.07 bits per heavy atom. The number of aromatic nitrogens is 1. The number of aryl methyl sites for hydroxylation is 3. The summed E-state index contributed by atoms with van der Waals surface area (Å²) in [5.74, 6) is 0.585. The number of carbonyl (C=O) groups is 1. The van der Waals surface area contributed by atoms with Crippen molar-refractivity contribution in [3.63, 3.8) is 0 Å². The van der Waals surface area contributed by atoms with Crippen molar-refractivity contribution in [3.05, 3.63) is 83.0 Å². The number of amides is 1. The van der Waals surface area contributed by atoms with Crippen LogP contribution in [0.1, 0.15) is 33.5 Å². The van der Waals surface area contributed by atoms with Gasteiger partial charge in [-0.2, -0.15) is 0 Å². The highest BCUT2D eigenvalue weighted by molar-refractivity contribution is 6.08. The number of pyridine rings is 1. The highest BCUT2D eigenvalue weighted by Gasteiger charge is 2.23. The van der Waals surface area contributed by atoms with E-state index in [0.717, 1.165) is 41.9 Å². The third kappa shape index (κ3) is 3.43. The zero-order valence-electron chi connectivity index (χ0n) is 15.7. The molecule has 27 heavy (non-hydrogen) atoms. The largest absolute Gasteiger partial charge is 0.325 e. The predicted octanol–water partition coefficient (Wildman–Crippen LogP) is 5.04. The molecule has 1 aliphatic heterocycles. The van der Waals surface area contributed by atoms with Crippen LogP contribution >= 0.6 is 0 Å². The van der Waals surface area contributed by atoms with Gasteiger partial charge in [-0.25, -0.2) is 4.98 Å². The van der Waals surface area contributed by atoms with Crippen LogP contribution in [0.25, 0.3) is 0 Å². The highest BCUT2D eigenvalue weighted by Crippen LogP contribution is 2.34. The number of nitrogens with one attached hydrogen (secondary N) is 1. The van der Waals surface area contributed by atoms with Gasteiger partial charge in [-0.3, -0.25) is 4.79 Å². The molecule has 136 valence electrons. The average Bonchev–Trinajstić information content (AvgIpc) is 2.70. The Bertz CT molecular complexity index is 996. The lowest BCUT2D eigenvalue weighted by Crippen LogP contribution is -2.28. The van der Waals surface area contributed by atoms with E-state index in [4.69, 9.17) is 0 Å². The Morgan fingerprint density at radius 3 is 2.81 bits per heavy atom. The second-order valence-corrected chi connectivity index (χ2v) is 7.03. The molecule has 1 aromatic heterocycles. The average molecular weight is 357 g/mol. The van der Waals surface area contributed by atoms with Gasteiger partial charge in [-0.1, -0.05) is 30.3 Å². The molecule has 4 rings (SSSR count). The summed E-state index contributed by atoms with van der Waals surface area (Å²) in [4.78, 5) is 19.8. The number of carbonyl (C=O) groups excluding carboxylic acids is 1.